The molecule has 1 aromatic rings. The van der Waals surface area contributed by atoms with Crippen LogP contribution in [0.25, 0.3) is 0 Å². The molecule has 0 bridgehead atoms. The van der Waals surface area contributed by atoms with Crippen LogP contribution in [0.15, 0.2) is 24.3 Å². The van der Waals surface area contributed by atoms with Gasteiger partial charge in [-0.25, -0.2) is 9.59 Å². The smallest absolute Gasteiger partial charge is 0.326 e. The quantitative estimate of drug-likeness (QED) is 0.402. The molecule has 2 rings (SSSR count). The van der Waals surface area contributed by atoms with E-state index in [9.17, 15) is 19.5 Å². The predicted octanol–water partition coefficient (Wildman–Crippen LogP) is 2.28. The second-order valence-electron chi connectivity index (χ2n) is 7.28. The first-order chi connectivity index (χ1) is 15.3. The van der Waals surface area contributed by atoms with Crippen LogP contribution in [0.2, 0.25) is 0 Å². The summed E-state index contributed by atoms with van der Waals surface area (Å²) in [6.45, 7) is 4.36. The van der Waals surface area contributed by atoms with Gasteiger partial charge in [-0.05, 0) is 26.0 Å². The molecule has 32 heavy (non-hydrogen) atoms. The summed E-state index contributed by atoms with van der Waals surface area (Å²) in [7, 11) is 3.06. The van der Waals surface area contributed by atoms with E-state index in [1.807, 2.05) is 6.07 Å². The van der Waals surface area contributed by atoms with Crippen LogP contribution >= 0.6 is 0 Å². The number of hydrogen-bond donors (Lipinski definition) is 1. The van der Waals surface area contributed by atoms with Crippen molar-refractivity contribution < 1.29 is 38.4 Å². The van der Waals surface area contributed by atoms with Crippen LogP contribution in [0, 0.1) is 0 Å². The molecule has 0 aliphatic carbocycles. The second-order valence-corrected chi connectivity index (χ2v) is 7.28. The Hall–Kier alpha value is -2.85. The molecule has 2 atom stereocenters. The molecule has 10 heteroatoms. The predicted molar refractivity (Wildman–Crippen MR) is 114 cm³/mol. The number of nitrogens with zero attached hydrogens (tertiary/aromatic N) is 2. The zero-order valence-electron chi connectivity index (χ0n) is 19.0. The Morgan fingerprint density at radius 1 is 1.22 bits per heavy atom. The van der Waals surface area contributed by atoms with Gasteiger partial charge in [-0.2, -0.15) is 0 Å². The average molecular weight is 453 g/mol. The van der Waals surface area contributed by atoms with Crippen molar-refractivity contribution >= 4 is 18.0 Å². The fraction of sp³-hybridized carbons (Fsp3) is 0.591. The van der Waals surface area contributed by atoms with Crippen LogP contribution in [0.5, 0.6) is 5.75 Å². The molecule has 0 aromatic heterocycles. The van der Waals surface area contributed by atoms with E-state index in [0.29, 0.717) is 12.3 Å². The number of urea groups is 1. The molecule has 0 radical (unpaired) electrons. The van der Waals surface area contributed by atoms with Crippen molar-refractivity contribution in [3.05, 3.63) is 29.8 Å². The van der Waals surface area contributed by atoms with Gasteiger partial charge in [-0.3, -0.25) is 4.79 Å². The summed E-state index contributed by atoms with van der Waals surface area (Å²) in [4.78, 5) is 39.2. The number of ether oxygens (including phenoxy) is 4. The van der Waals surface area contributed by atoms with Gasteiger partial charge in [0.15, 0.2) is 6.29 Å². The number of carbonyl (C=O) groups excluding carboxylic acids is 2. The number of carboxylic acids is 1. The van der Waals surface area contributed by atoms with Crippen LogP contribution in [0.4, 0.5) is 4.79 Å². The van der Waals surface area contributed by atoms with Crippen molar-refractivity contribution in [1.82, 2.24) is 9.80 Å². The van der Waals surface area contributed by atoms with E-state index in [2.05, 4.69) is 0 Å². The standard InChI is InChI=1S/C22H32N2O8/c1-5-23(11-10-19(25)31-6-2)22(28)24-14-17(13-18(24)20(26)27)32-16-9-7-8-15(12-16)21(29-3)30-4/h7-9,12,17-18,21H,5-6,10-11,13-14H2,1-4H3,(H,26,27)/t17?,18-/m0/s1. The van der Waals surface area contributed by atoms with Crippen molar-refractivity contribution in [2.24, 2.45) is 0 Å². The van der Waals surface area contributed by atoms with Gasteiger partial charge >= 0.3 is 18.0 Å². The van der Waals surface area contributed by atoms with Gasteiger partial charge in [0.2, 0.25) is 0 Å². The van der Waals surface area contributed by atoms with Gasteiger partial charge in [0.05, 0.1) is 19.6 Å². The zero-order chi connectivity index (χ0) is 23.7. The van der Waals surface area contributed by atoms with Crippen molar-refractivity contribution in [2.75, 3.05) is 40.5 Å². The number of carbonyl (C=O) groups is 3. The van der Waals surface area contributed by atoms with Crippen molar-refractivity contribution in [1.29, 1.82) is 0 Å². The number of carboxylic acid groups (broad SMARTS) is 1. The molecule has 1 aliphatic rings. The maximum absolute atomic E-state index is 13.0. The summed E-state index contributed by atoms with van der Waals surface area (Å²) in [5.74, 6) is -0.973. The highest BCUT2D eigenvalue weighted by Crippen LogP contribution is 2.27. The molecular formula is C22H32N2O8. The van der Waals surface area contributed by atoms with Crippen LogP contribution in [-0.2, 0) is 23.8 Å². The van der Waals surface area contributed by atoms with E-state index in [4.69, 9.17) is 18.9 Å². The molecule has 1 aromatic carbocycles. The first-order valence-corrected chi connectivity index (χ1v) is 10.6. The summed E-state index contributed by atoms with van der Waals surface area (Å²) in [5, 5.41) is 9.66. The van der Waals surface area contributed by atoms with Crippen molar-refractivity contribution in [2.45, 2.75) is 45.1 Å². The number of esters is 1. The van der Waals surface area contributed by atoms with Gasteiger partial charge in [-0.1, -0.05) is 12.1 Å². The van der Waals surface area contributed by atoms with E-state index in [1.54, 1.807) is 32.0 Å². The number of amides is 2. The molecule has 1 unspecified atom stereocenters. The minimum atomic E-state index is -1.10. The Kier molecular flexibility index (Phi) is 9.73. The molecule has 10 nitrogen and oxygen atoms in total. The third kappa shape index (κ3) is 6.57. The number of hydrogen-bond acceptors (Lipinski definition) is 7. The molecule has 0 saturated carbocycles. The number of benzene rings is 1. The number of likely N-dealkylation sites (tertiary alicyclic amines) is 1. The highest BCUT2D eigenvalue weighted by atomic mass is 16.7. The fourth-order valence-corrected chi connectivity index (χ4v) is 3.65. The molecule has 1 fully saturated rings. The first kappa shape index (κ1) is 25.4. The number of aliphatic carboxylic acids is 1. The van der Waals surface area contributed by atoms with Crippen LogP contribution in [0.1, 0.15) is 38.5 Å². The fourth-order valence-electron chi connectivity index (χ4n) is 3.65. The third-order valence-corrected chi connectivity index (χ3v) is 5.20. The molecule has 0 spiro atoms. The zero-order valence-corrected chi connectivity index (χ0v) is 19.0. The van der Waals surface area contributed by atoms with Crippen LogP contribution < -0.4 is 4.74 Å². The van der Waals surface area contributed by atoms with Gasteiger partial charge < -0.3 is 33.9 Å². The molecule has 178 valence electrons. The molecular weight excluding hydrogens is 420 g/mol. The van der Waals surface area contributed by atoms with Gasteiger partial charge in [0.25, 0.3) is 0 Å². The molecule has 2 amide bonds. The topological polar surface area (TPSA) is 115 Å². The highest BCUT2D eigenvalue weighted by molar-refractivity contribution is 5.84. The largest absolute Gasteiger partial charge is 0.488 e. The lowest BCUT2D eigenvalue weighted by molar-refractivity contribution is -0.144. The SMILES string of the molecule is CCOC(=O)CCN(CC)C(=O)N1CC(Oc2cccc(C(OC)OC)c2)C[C@H]1C(=O)O. The Bertz CT molecular complexity index is 783. The van der Waals surface area contributed by atoms with E-state index >= 15 is 0 Å². The summed E-state index contributed by atoms with van der Waals surface area (Å²) >= 11 is 0. The number of methoxy groups -OCH3 is 2. The Morgan fingerprint density at radius 2 is 1.94 bits per heavy atom. The van der Waals surface area contributed by atoms with Gasteiger partial charge in [0.1, 0.15) is 17.9 Å². The summed E-state index contributed by atoms with van der Waals surface area (Å²) in [6.07, 6.45) is -0.850. The van der Waals surface area contributed by atoms with Crippen LogP contribution in [0.3, 0.4) is 0 Å². The lowest BCUT2D eigenvalue weighted by atomic mass is 10.2. The minimum Gasteiger partial charge on any atom is -0.488 e. The number of rotatable bonds is 11. The maximum atomic E-state index is 13.0. The summed E-state index contributed by atoms with van der Waals surface area (Å²) in [6, 6.07) is 5.68. The van der Waals surface area contributed by atoms with Crippen molar-refractivity contribution in [3.8, 4) is 5.75 Å². The molecule has 1 heterocycles. The van der Waals surface area contributed by atoms with Crippen molar-refractivity contribution in [3.63, 3.8) is 0 Å². The highest BCUT2D eigenvalue weighted by Gasteiger charge is 2.42. The van der Waals surface area contributed by atoms with Gasteiger partial charge in [0, 0.05) is 39.3 Å². The van der Waals surface area contributed by atoms with E-state index in [0.717, 1.165) is 5.56 Å². The molecule has 1 saturated heterocycles. The molecule has 1 N–H and O–H groups in total. The van der Waals surface area contributed by atoms with E-state index in [-0.39, 0.29) is 32.5 Å². The Labute approximate surface area is 188 Å². The Balaban J connectivity index is 2.08. The summed E-state index contributed by atoms with van der Waals surface area (Å²) < 4.78 is 21.4. The first-order valence-electron chi connectivity index (χ1n) is 10.6. The second kappa shape index (κ2) is 12.3. The third-order valence-electron chi connectivity index (χ3n) is 5.20. The maximum Gasteiger partial charge on any atom is 0.326 e. The van der Waals surface area contributed by atoms with Crippen LogP contribution in [-0.4, -0.2) is 85.5 Å². The average Bonchev–Trinajstić information content (AvgIpc) is 3.19. The van der Waals surface area contributed by atoms with Gasteiger partial charge in [-0.15, -0.1) is 0 Å². The molecule has 1 aliphatic heterocycles. The lowest BCUT2D eigenvalue weighted by Crippen LogP contribution is -2.48. The lowest BCUT2D eigenvalue weighted by Gasteiger charge is -2.29. The Morgan fingerprint density at radius 3 is 2.53 bits per heavy atom. The normalized spacial score (nSPS) is 18.0. The summed E-state index contributed by atoms with van der Waals surface area (Å²) in [5.41, 5.74) is 0.754. The van der Waals surface area contributed by atoms with E-state index < -0.39 is 36.4 Å². The van der Waals surface area contributed by atoms with E-state index in [1.165, 1.54) is 24.0 Å². The minimum absolute atomic E-state index is 0.0475. The monoisotopic (exact) mass is 452 g/mol.